The number of nitrogens with zero attached hydrogens (tertiary/aromatic N) is 1. The van der Waals surface area contributed by atoms with Crippen LogP contribution in [0.4, 0.5) is 22.7 Å². The van der Waals surface area contributed by atoms with E-state index < -0.39 is 0 Å². The molecule has 1 aromatic heterocycles. The molecule has 0 aliphatic rings. The molecule has 6 N–H and O–H groups in total. The second kappa shape index (κ2) is 44.9. The van der Waals surface area contributed by atoms with Crippen LogP contribution in [-0.2, 0) is 11.8 Å². The molecule has 13 rings (SSSR count). The van der Waals surface area contributed by atoms with Crippen LogP contribution in [0.15, 0.2) is 291 Å². The van der Waals surface area contributed by atoms with Crippen LogP contribution in [0.5, 0.6) is 17.2 Å². The van der Waals surface area contributed by atoms with Gasteiger partial charge in [-0.05, 0) is 228 Å². The van der Waals surface area contributed by atoms with Crippen LogP contribution in [0.2, 0.25) is 0 Å². The number of amides is 5. The lowest BCUT2D eigenvalue weighted by Gasteiger charge is -2.19. The van der Waals surface area contributed by atoms with E-state index in [1.807, 2.05) is 237 Å². The minimum absolute atomic E-state index is 0.0618. The lowest BCUT2D eigenvalue weighted by Crippen LogP contribution is -2.14. The van der Waals surface area contributed by atoms with E-state index in [9.17, 15) is 28.8 Å². The first-order valence-electron chi connectivity index (χ1n) is 40.8. The third-order valence-electron chi connectivity index (χ3n) is 20.0. The predicted octanol–water partition coefficient (Wildman–Crippen LogP) is 25.4. The number of nitrogens with one attached hydrogen (secondary N) is 4. The Hall–Kier alpha value is -13.3. The number of methoxy groups -OCH3 is 3. The maximum absolute atomic E-state index is 12.6. The molecule has 0 saturated heterocycles. The maximum atomic E-state index is 12.6. The molecule has 12 aromatic carbocycles. The first kappa shape index (κ1) is 92.2. The van der Waals surface area contributed by atoms with E-state index in [0.29, 0.717) is 80.6 Å². The van der Waals surface area contributed by atoms with E-state index in [2.05, 4.69) is 154 Å². The maximum Gasteiger partial charge on any atom is 0.256 e. The van der Waals surface area contributed by atoms with Crippen molar-refractivity contribution in [2.45, 2.75) is 151 Å². The van der Waals surface area contributed by atoms with Gasteiger partial charge in [0.1, 0.15) is 0 Å². The molecule has 0 aliphatic carbocycles. The number of ether oxygens (including phenoxy) is 3. The molecule has 15 heteroatoms. The van der Waals surface area contributed by atoms with Crippen molar-refractivity contribution in [3.8, 4) is 17.2 Å². The average Bonchev–Trinajstić information content (AvgIpc) is 0.823. The normalized spacial score (nSPS) is 10.8. The lowest BCUT2D eigenvalue weighted by atomic mass is 9.87. The molecule has 0 spiro atoms. The molecule has 620 valence electrons. The molecule has 0 radical (unpaired) electrons. The number of aromatic nitrogens is 1. The highest BCUT2D eigenvalue weighted by Gasteiger charge is 2.20. The Kier molecular flexibility index (Phi) is 34.5. The van der Waals surface area contributed by atoms with Crippen LogP contribution in [0.1, 0.15) is 246 Å². The number of hydrogen-bond donors (Lipinski definition) is 5. The lowest BCUT2D eigenvalue weighted by molar-refractivity contribution is 0.0986. The molecule has 0 atom stereocenters. The standard InChI is InChI=1S/2C20H19NO.C20H25NO.C20H24O4.C15H16N2O.C10H13NO/c1-14(2)16-9-5-10-17(13-16)21-20(22)19-12-6-8-15-7-3-4-11-18(15)19;1-14(2)16-8-5-9-19(13-16)21-20(22)18-11-10-15-6-3-4-7-17(15)12-18;1-14(2)16-7-6-8-18(13-16)21-19(22)15-9-11-17(12-10-15)20(3,4)5;1-13(2)15-7-6-8-16(12-15)17(21)9-14-10-18(22-3)20(24-5)19(11-14)23-4;1-11(2)13-4-3-5-14(10-13)17-15(18)12-6-8-16-9-7-12;1-7(2)8-4-3-5-9(6-8)10(11)12/h2*3-14H,1-2H3,(H,21,22);6-14H,1-5H3,(H,21,22);6-8,10-13H,9H2,1-5H3;3-11H,1-2H3,(H,17,18);3-7H,1-2H3,(H2,11,12). The monoisotopic (exact) mass is 1600 g/mol. The van der Waals surface area contributed by atoms with Crippen LogP contribution < -0.4 is 41.2 Å². The number of fused-ring (bicyclic) bond motifs is 2. The molecule has 13 aromatic rings. The van der Waals surface area contributed by atoms with Gasteiger partial charge in [-0.15, -0.1) is 0 Å². The molecule has 5 amide bonds. The number of carbonyl (C=O) groups is 6. The van der Waals surface area contributed by atoms with Crippen LogP contribution in [0, 0.1) is 0 Å². The molecule has 0 unspecified atom stereocenters. The molecular formula is C105H116N6O9. The Labute approximate surface area is 709 Å². The van der Waals surface area contributed by atoms with Gasteiger partial charge in [0.15, 0.2) is 17.3 Å². The average molecular weight is 1610 g/mol. The number of hydrogen-bond acceptors (Lipinski definition) is 10. The second-order valence-corrected chi connectivity index (χ2v) is 32.1. The molecule has 0 fully saturated rings. The van der Waals surface area contributed by atoms with Gasteiger partial charge in [-0.1, -0.05) is 262 Å². The van der Waals surface area contributed by atoms with Crippen LogP contribution in [0.3, 0.4) is 0 Å². The van der Waals surface area contributed by atoms with Crippen molar-refractivity contribution in [2.75, 3.05) is 42.6 Å². The van der Waals surface area contributed by atoms with Gasteiger partial charge in [0.2, 0.25) is 11.7 Å². The topological polar surface area (TPSA) is 217 Å². The van der Waals surface area contributed by atoms with Gasteiger partial charge in [0.05, 0.1) is 21.3 Å². The smallest absolute Gasteiger partial charge is 0.256 e. The zero-order chi connectivity index (χ0) is 87.2. The highest BCUT2D eigenvalue weighted by atomic mass is 16.5. The minimum atomic E-state index is -0.363. The number of benzene rings is 12. The summed E-state index contributed by atoms with van der Waals surface area (Å²) in [5, 5.41) is 16.1. The number of primary amides is 1. The van der Waals surface area contributed by atoms with Crippen molar-refractivity contribution in [2.24, 2.45) is 5.73 Å². The number of anilines is 4. The summed E-state index contributed by atoms with van der Waals surface area (Å²) in [5.74, 6) is 3.60. The first-order chi connectivity index (χ1) is 57.3. The molecular weight excluding hydrogens is 1490 g/mol. The molecule has 0 aliphatic heterocycles. The van der Waals surface area contributed by atoms with Crippen molar-refractivity contribution in [3.63, 3.8) is 0 Å². The summed E-state index contributed by atoms with van der Waals surface area (Å²) in [5.41, 5.74) is 21.8. The summed E-state index contributed by atoms with van der Waals surface area (Å²) in [6, 6.07) is 89.6. The van der Waals surface area contributed by atoms with E-state index in [1.54, 1.807) is 51.9 Å². The van der Waals surface area contributed by atoms with Gasteiger partial charge in [0, 0.05) is 74.9 Å². The Bertz CT molecular complexity index is 5550. The quantitative estimate of drug-likeness (QED) is 0.0429. The van der Waals surface area contributed by atoms with E-state index in [0.717, 1.165) is 66.5 Å². The Morgan fingerprint density at radius 2 is 0.692 bits per heavy atom. The van der Waals surface area contributed by atoms with Crippen molar-refractivity contribution >= 4 is 79.6 Å². The summed E-state index contributed by atoms with van der Waals surface area (Å²) < 4.78 is 16.0. The summed E-state index contributed by atoms with van der Waals surface area (Å²) in [6.45, 7) is 32.0. The Morgan fingerprint density at radius 3 is 1.12 bits per heavy atom. The largest absolute Gasteiger partial charge is 0.493 e. The van der Waals surface area contributed by atoms with Crippen LogP contribution >= 0.6 is 0 Å². The number of carbonyl (C=O) groups excluding carboxylic acids is 6. The molecule has 15 nitrogen and oxygen atoms in total. The SMILES string of the molecule is CC(C)c1cccc(C(N)=O)c1.CC(C)c1cccc(NC(=O)c2ccc(C(C)(C)C)cc2)c1.CC(C)c1cccc(NC(=O)c2ccc3ccccc3c2)c1.CC(C)c1cccc(NC(=O)c2cccc3ccccc23)c1.CC(C)c1cccc(NC(=O)c2ccncc2)c1.COc1cc(CC(=O)c2cccc(C(C)C)c2)cc(OC)c1OC. The summed E-state index contributed by atoms with van der Waals surface area (Å²) >= 11 is 0. The molecule has 120 heavy (non-hydrogen) atoms. The van der Waals surface area contributed by atoms with E-state index in [4.69, 9.17) is 19.9 Å². The number of pyridine rings is 1. The predicted molar refractivity (Wildman–Crippen MR) is 495 cm³/mol. The Morgan fingerprint density at radius 1 is 0.333 bits per heavy atom. The van der Waals surface area contributed by atoms with Gasteiger partial charge in [-0.2, -0.15) is 0 Å². The van der Waals surface area contributed by atoms with E-state index >= 15 is 0 Å². The van der Waals surface area contributed by atoms with Gasteiger partial charge >= 0.3 is 0 Å². The fourth-order valence-corrected chi connectivity index (χ4v) is 12.7. The molecule has 0 saturated carbocycles. The first-order valence-corrected chi connectivity index (χ1v) is 40.8. The summed E-state index contributed by atoms with van der Waals surface area (Å²) in [7, 11) is 4.69. The zero-order valence-electron chi connectivity index (χ0n) is 72.6. The summed E-state index contributed by atoms with van der Waals surface area (Å²) in [4.78, 5) is 76.6. The van der Waals surface area contributed by atoms with Crippen LogP contribution in [-0.4, -0.2) is 61.6 Å². The highest BCUT2D eigenvalue weighted by Crippen LogP contribution is 2.39. The summed E-state index contributed by atoms with van der Waals surface area (Å²) in [6.07, 6.45) is 3.50. The fourth-order valence-electron chi connectivity index (χ4n) is 12.7. The number of nitrogens with two attached hydrogens (primary N) is 1. The minimum Gasteiger partial charge on any atom is -0.493 e. The molecule has 0 bridgehead atoms. The zero-order valence-corrected chi connectivity index (χ0v) is 72.6. The second-order valence-electron chi connectivity index (χ2n) is 32.1. The third-order valence-corrected chi connectivity index (χ3v) is 20.0. The van der Waals surface area contributed by atoms with E-state index in [-0.39, 0.29) is 47.2 Å². The van der Waals surface area contributed by atoms with Crippen molar-refractivity contribution in [1.29, 1.82) is 0 Å². The van der Waals surface area contributed by atoms with E-state index in [1.165, 1.54) is 27.8 Å². The van der Waals surface area contributed by atoms with Gasteiger partial charge in [-0.3, -0.25) is 33.8 Å². The number of rotatable bonds is 21. The fraction of sp³-hybridized carbons (Fsp3) is 0.248. The van der Waals surface area contributed by atoms with Gasteiger partial charge < -0.3 is 41.2 Å². The highest BCUT2D eigenvalue weighted by molar-refractivity contribution is 6.13. The van der Waals surface area contributed by atoms with Crippen LogP contribution in [0.25, 0.3) is 21.5 Å². The Balaban J connectivity index is 0.000000181. The van der Waals surface area contributed by atoms with Gasteiger partial charge in [0.25, 0.3) is 23.6 Å². The van der Waals surface area contributed by atoms with Crippen molar-refractivity contribution in [3.05, 3.63) is 369 Å². The van der Waals surface area contributed by atoms with Gasteiger partial charge in [-0.25, -0.2) is 0 Å². The third kappa shape index (κ3) is 27.7. The number of Topliss-reactive ketones (excluding diaryl/α,β-unsaturated/α-hetero) is 1. The number of ketones is 1. The molecule has 1 heterocycles. The van der Waals surface area contributed by atoms with Crippen molar-refractivity contribution in [1.82, 2.24) is 4.98 Å². The van der Waals surface area contributed by atoms with Crippen molar-refractivity contribution < 1.29 is 43.0 Å².